The van der Waals surface area contributed by atoms with Crippen LogP contribution < -0.4 is 5.01 Å². The van der Waals surface area contributed by atoms with Crippen LogP contribution in [0.4, 0.5) is 0 Å². The molecule has 0 unspecified atom stereocenters. The highest BCUT2D eigenvalue weighted by molar-refractivity contribution is 6.44. The smallest absolute Gasteiger partial charge is 0.380 e. The molecule has 0 radical (unpaired) electrons. The van der Waals surface area contributed by atoms with Crippen molar-refractivity contribution in [3.05, 3.63) is 70.4 Å². The van der Waals surface area contributed by atoms with Gasteiger partial charge in [0.2, 0.25) is 0 Å². The van der Waals surface area contributed by atoms with E-state index in [0.717, 1.165) is 5.56 Å². The van der Waals surface area contributed by atoms with Crippen LogP contribution in [0, 0.1) is 0 Å². The van der Waals surface area contributed by atoms with E-state index in [1.807, 2.05) is 18.2 Å². The predicted molar refractivity (Wildman–Crippen MR) is 110 cm³/mol. The van der Waals surface area contributed by atoms with E-state index in [1.165, 1.54) is 11.1 Å². The van der Waals surface area contributed by atoms with Gasteiger partial charge in [-0.1, -0.05) is 29.8 Å². The number of carbonyl (C=O) groups excluding carboxylic acids is 3. The van der Waals surface area contributed by atoms with Gasteiger partial charge in [-0.25, -0.2) is 9.80 Å². The molecule has 29 heavy (non-hydrogen) atoms. The third kappa shape index (κ3) is 3.29. The molecule has 1 aliphatic heterocycles. The van der Waals surface area contributed by atoms with Crippen molar-refractivity contribution in [3.8, 4) is 0 Å². The highest BCUT2D eigenvalue weighted by Crippen LogP contribution is 2.31. The van der Waals surface area contributed by atoms with E-state index >= 15 is 0 Å². The molecule has 0 N–H and O–H groups in total. The number of fused-ring (bicyclic) bond motifs is 2. The number of rotatable bonds is 3. The van der Waals surface area contributed by atoms with Crippen LogP contribution in [0.25, 0.3) is 10.9 Å². The maximum Gasteiger partial charge on any atom is 0.380 e. The van der Waals surface area contributed by atoms with Crippen LogP contribution in [0.3, 0.4) is 0 Å². The fraction of sp³-hybridized carbons (Fsp3) is 0.227. The summed E-state index contributed by atoms with van der Waals surface area (Å²) in [5.41, 5.74) is 1.23. The first-order valence-corrected chi connectivity index (χ1v) is 9.52. The van der Waals surface area contributed by atoms with Crippen LogP contribution in [0.15, 0.2) is 48.7 Å². The summed E-state index contributed by atoms with van der Waals surface area (Å²) in [4.78, 5) is 38.2. The molecule has 1 amide bonds. The maximum atomic E-state index is 12.9. The van der Waals surface area contributed by atoms with Gasteiger partial charge in [-0.3, -0.25) is 14.3 Å². The van der Waals surface area contributed by atoms with Crippen LogP contribution in [-0.2, 0) is 16.1 Å². The Morgan fingerprint density at radius 2 is 1.79 bits per heavy atom. The molecule has 1 aliphatic rings. The van der Waals surface area contributed by atoms with E-state index in [2.05, 4.69) is 0 Å². The van der Waals surface area contributed by atoms with E-state index in [-0.39, 0.29) is 11.5 Å². The molecule has 0 bridgehead atoms. The van der Waals surface area contributed by atoms with Crippen molar-refractivity contribution in [1.82, 2.24) is 4.68 Å². The molecule has 1 aromatic heterocycles. The van der Waals surface area contributed by atoms with E-state index in [9.17, 15) is 14.4 Å². The van der Waals surface area contributed by atoms with Crippen LogP contribution >= 0.6 is 11.6 Å². The Labute approximate surface area is 172 Å². The fourth-order valence-electron chi connectivity index (χ4n) is 3.44. The molecule has 148 valence electrons. The highest BCUT2D eigenvalue weighted by Gasteiger charge is 2.32. The van der Waals surface area contributed by atoms with Crippen molar-refractivity contribution in [2.24, 2.45) is 0 Å². The molecule has 7 heteroatoms. The standard InChI is InChI=1S/C22H19ClN2O4/c1-22(2,3)29-21(28)19(26)16-8-9-17(23)15-10-11-24(18(15)16)25-12-13-6-4-5-7-14(13)20(25)27/h4-11H,12H2,1-3H3. The Morgan fingerprint density at radius 1 is 1.07 bits per heavy atom. The zero-order valence-electron chi connectivity index (χ0n) is 16.2. The molecule has 0 spiro atoms. The Bertz CT molecular complexity index is 1170. The SMILES string of the molecule is CC(C)(C)OC(=O)C(=O)c1ccc(Cl)c2ccn(N3Cc4ccccc4C3=O)c12. The number of nitrogens with zero attached hydrogens (tertiary/aromatic N) is 2. The van der Waals surface area contributed by atoms with E-state index < -0.39 is 17.4 Å². The van der Waals surface area contributed by atoms with Gasteiger partial charge in [0.1, 0.15) is 5.60 Å². The first-order chi connectivity index (χ1) is 13.7. The second kappa shape index (κ2) is 6.74. The number of ether oxygens (including phenoxy) is 1. The van der Waals surface area contributed by atoms with Crippen molar-refractivity contribution in [2.45, 2.75) is 32.9 Å². The average Bonchev–Trinajstić information content (AvgIpc) is 3.23. The lowest BCUT2D eigenvalue weighted by molar-refractivity contribution is -0.148. The Morgan fingerprint density at radius 3 is 2.48 bits per heavy atom. The van der Waals surface area contributed by atoms with Gasteiger partial charge in [0, 0.05) is 17.1 Å². The van der Waals surface area contributed by atoms with Crippen LogP contribution in [0.1, 0.15) is 47.1 Å². The van der Waals surface area contributed by atoms with E-state index in [1.54, 1.807) is 49.8 Å². The number of ketones is 1. The van der Waals surface area contributed by atoms with Gasteiger partial charge in [0.25, 0.3) is 11.7 Å². The first-order valence-electron chi connectivity index (χ1n) is 9.14. The van der Waals surface area contributed by atoms with Gasteiger partial charge < -0.3 is 4.74 Å². The molecule has 3 aromatic rings. The normalized spacial score (nSPS) is 13.7. The minimum absolute atomic E-state index is 0.132. The lowest BCUT2D eigenvalue weighted by Gasteiger charge is -2.21. The minimum Gasteiger partial charge on any atom is -0.454 e. The average molecular weight is 411 g/mol. The third-order valence-corrected chi connectivity index (χ3v) is 5.00. The predicted octanol–water partition coefficient (Wildman–Crippen LogP) is 4.11. The second-order valence-corrected chi connectivity index (χ2v) is 8.28. The molecule has 2 aromatic carbocycles. The van der Waals surface area contributed by atoms with Crippen LogP contribution in [0.5, 0.6) is 0 Å². The lowest BCUT2D eigenvalue weighted by Crippen LogP contribution is -2.35. The molecular formula is C22H19ClN2O4. The van der Waals surface area contributed by atoms with Gasteiger partial charge in [0.15, 0.2) is 0 Å². The number of hydrogen-bond acceptors (Lipinski definition) is 4. The number of Topliss-reactive ketones (excluding diaryl/α,β-unsaturated/α-hetero) is 1. The molecule has 0 aliphatic carbocycles. The minimum atomic E-state index is -0.954. The number of amides is 1. The topological polar surface area (TPSA) is 68.6 Å². The summed E-state index contributed by atoms with van der Waals surface area (Å²) in [5, 5.41) is 2.52. The molecule has 2 heterocycles. The molecule has 4 rings (SSSR count). The number of benzene rings is 2. The number of aromatic nitrogens is 1. The van der Waals surface area contributed by atoms with Gasteiger partial charge in [-0.05, 0) is 50.6 Å². The lowest BCUT2D eigenvalue weighted by atomic mass is 10.1. The Hall–Kier alpha value is -3.12. The molecular weight excluding hydrogens is 392 g/mol. The van der Waals surface area contributed by atoms with Crippen molar-refractivity contribution < 1.29 is 19.1 Å². The van der Waals surface area contributed by atoms with Gasteiger partial charge in [-0.15, -0.1) is 0 Å². The second-order valence-electron chi connectivity index (χ2n) is 7.87. The summed E-state index contributed by atoms with van der Waals surface area (Å²) in [5.74, 6) is -1.93. The summed E-state index contributed by atoms with van der Waals surface area (Å²) in [7, 11) is 0. The molecule has 6 nitrogen and oxygen atoms in total. The third-order valence-electron chi connectivity index (χ3n) is 4.67. The molecule has 0 saturated carbocycles. The van der Waals surface area contributed by atoms with Gasteiger partial charge in [-0.2, -0.15) is 0 Å². The van der Waals surface area contributed by atoms with Gasteiger partial charge >= 0.3 is 5.97 Å². The molecule has 0 atom stereocenters. The summed E-state index contributed by atoms with van der Waals surface area (Å²) < 4.78 is 6.82. The van der Waals surface area contributed by atoms with Crippen LogP contribution in [-0.4, -0.2) is 27.9 Å². The fourth-order valence-corrected chi connectivity index (χ4v) is 3.66. The zero-order valence-corrected chi connectivity index (χ0v) is 17.0. The van der Waals surface area contributed by atoms with E-state index in [0.29, 0.717) is 28.0 Å². The summed E-state index contributed by atoms with van der Waals surface area (Å²) in [6.45, 7) is 5.43. The maximum absolute atomic E-state index is 12.9. The first kappa shape index (κ1) is 19.2. The molecule has 0 saturated heterocycles. The molecule has 0 fully saturated rings. The van der Waals surface area contributed by atoms with Crippen LogP contribution in [0.2, 0.25) is 5.02 Å². The summed E-state index contributed by atoms with van der Waals surface area (Å²) in [6.07, 6.45) is 1.67. The number of esters is 1. The quantitative estimate of drug-likeness (QED) is 0.370. The monoisotopic (exact) mass is 410 g/mol. The van der Waals surface area contributed by atoms with Crippen molar-refractivity contribution in [1.29, 1.82) is 0 Å². The van der Waals surface area contributed by atoms with Crippen molar-refractivity contribution >= 4 is 40.2 Å². The largest absolute Gasteiger partial charge is 0.454 e. The number of halogens is 1. The summed E-state index contributed by atoms with van der Waals surface area (Å²) >= 11 is 6.32. The number of carbonyl (C=O) groups is 3. The number of hydrogen-bond donors (Lipinski definition) is 0. The van der Waals surface area contributed by atoms with Gasteiger partial charge in [0.05, 0.1) is 22.6 Å². The van der Waals surface area contributed by atoms with Crippen molar-refractivity contribution in [3.63, 3.8) is 0 Å². The van der Waals surface area contributed by atoms with Crippen molar-refractivity contribution in [2.75, 3.05) is 5.01 Å². The Kier molecular flexibility index (Phi) is 4.46. The zero-order chi connectivity index (χ0) is 20.9. The highest BCUT2D eigenvalue weighted by atomic mass is 35.5. The summed E-state index contributed by atoms with van der Waals surface area (Å²) in [6, 6.07) is 12.1. The Balaban J connectivity index is 1.82. The van der Waals surface area contributed by atoms with E-state index in [4.69, 9.17) is 16.3 Å².